The highest BCUT2D eigenvalue weighted by Gasteiger charge is 2.48. The first-order valence-electron chi connectivity index (χ1n) is 10.5. The smallest absolute Gasteiger partial charge is 0.410 e. The van der Waals surface area contributed by atoms with Crippen molar-refractivity contribution in [2.45, 2.75) is 56.4 Å². The Bertz CT molecular complexity index is 848. The number of carbonyl (C=O) groups excluding carboxylic acids is 1. The van der Waals surface area contributed by atoms with Crippen LogP contribution >= 0.6 is 0 Å². The lowest BCUT2D eigenvalue weighted by molar-refractivity contribution is -0.0897. The molecule has 6 heteroatoms. The summed E-state index contributed by atoms with van der Waals surface area (Å²) >= 11 is 0. The van der Waals surface area contributed by atoms with Crippen molar-refractivity contribution in [3.05, 3.63) is 59.7 Å². The molecule has 6 nitrogen and oxygen atoms in total. The minimum atomic E-state index is -1.03. The number of hydrogen-bond acceptors (Lipinski definition) is 5. The lowest BCUT2D eigenvalue weighted by atomic mass is 9.72. The first-order valence-corrected chi connectivity index (χ1v) is 10.5. The van der Waals surface area contributed by atoms with Crippen LogP contribution < -0.4 is 9.47 Å². The van der Waals surface area contributed by atoms with Gasteiger partial charge < -0.3 is 24.2 Å². The molecular formula is C24H29NO5. The van der Waals surface area contributed by atoms with Gasteiger partial charge in [0.2, 0.25) is 0 Å². The summed E-state index contributed by atoms with van der Waals surface area (Å²) in [6.45, 7) is 0.257. The Hall–Kier alpha value is -2.73. The van der Waals surface area contributed by atoms with Crippen LogP contribution in [0.25, 0.3) is 0 Å². The molecule has 30 heavy (non-hydrogen) atoms. The van der Waals surface area contributed by atoms with Gasteiger partial charge in [0.25, 0.3) is 0 Å². The van der Waals surface area contributed by atoms with Crippen molar-refractivity contribution in [1.82, 2.24) is 4.90 Å². The van der Waals surface area contributed by atoms with Crippen LogP contribution in [0.4, 0.5) is 4.79 Å². The second-order valence-corrected chi connectivity index (χ2v) is 8.23. The molecule has 0 aromatic heterocycles. The number of methoxy groups -OCH3 is 2. The number of amides is 1. The maximum Gasteiger partial charge on any atom is 0.410 e. The molecule has 0 aliphatic carbocycles. The maximum absolute atomic E-state index is 12.9. The summed E-state index contributed by atoms with van der Waals surface area (Å²) in [7, 11) is 3.20. The molecule has 2 saturated heterocycles. The predicted molar refractivity (Wildman–Crippen MR) is 113 cm³/mol. The number of benzene rings is 2. The summed E-state index contributed by atoms with van der Waals surface area (Å²) < 4.78 is 16.4. The number of hydrogen-bond donors (Lipinski definition) is 1. The van der Waals surface area contributed by atoms with Crippen LogP contribution in [0.1, 0.15) is 43.2 Å². The molecule has 1 amide bonds. The number of aliphatic hydroxyl groups is 1. The quantitative estimate of drug-likeness (QED) is 0.797. The third-order valence-corrected chi connectivity index (χ3v) is 6.31. The fourth-order valence-corrected chi connectivity index (χ4v) is 4.83. The second-order valence-electron chi connectivity index (χ2n) is 8.23. The lowest BCUT2D eigenvalue weighted by Crippen LogP contribution is -2.58. The topological polar surface area (TPSA) is 68.2 Å². The zero-order valence-corrected chi connectivity index (χ0v) is 17.5. The third-order valence-electron chi connectivity index (χ3n) is 6.31. The van der Waals surface area contributed by atoms with Crippen LogP contribution in [0, 0.1) is 0 Å². The molecule has 2 atom stereocenters. The molecule has 2 unspecified atom stereocenters. The van der Waals surface area contributed by atoms with E-state index in [9.17, 15) is 9.90 Å². The summed E-state index contributed by atoms with van der Waals surface area (Å²) in [5.41, 5.74) is 0.703. The molecule has 2 aromatic carbocycles. The van der Waals surface area contributed by atoms with Gasteiger partial charge in [0, 0.05) is 31.0 Å². The van der Waals surface area contributed by atoms with E-state index in [0.29, 0.717) is 24.3 Å². The summed E-state index contributed by atoms with van der Waals surface area (Å²) in [6.07, 6.45) is 3.43. The van der Waals surface area contributed by atoms with Crippen LogP contribution in [-0.2, 0) is 16.9 Å². The molecule has 4 rings (SSSR count). The monoisotopic (exact) mass is 411 g/mol. The van der Waals surface area contributed by atoms with Crippen LogP contribution in [0.15, 0.2) is 48.5 Å². The Labute approximate surface area is 177 Å². The van der Waals surface area contributed by atoms with Gasteiger partial charge in [-0.3, -0.25) is 0 Å². The van der Waals surface area contributed by atoms with Gasteiger partial charge in [-0.1, -0.05) is 30.3 Å². The van der Waals surface area contributed by atoms with E-state index >= 15 is 0 Å². The number of piperidine rings is 2. The number of fused-ring (bicyclic) bond motifs is 2. The van der Waals surface area contributed by atoms with Gasteiger partial charge in [-0.25, -0.2) is 4.79 Å². The van der Waals surface area contributed by atoms with E-state index in [2.05, 4.69) is 0 Å². The Balaban J connectivity index is 1.52. The first-order chi connectivity index (χ1) is 14.5. The zero-order valence-electron chi connectivity index (χ0n) is 17.5. The van der Waals surface area contributed by atoms with Crippen LogP contribution in [0.2, 0.25) is 0 Å². The van der Waals surface area contributed by atoms with Gasteiger partial charge in [-0.2, -0.15) is 0 Å². The molecule has 2 aliphatic heterocycles. The van der Waals surface area contributed by atoms with Crippen LogP contribution in [-0.4, -0.2) is 42.4 Å². The Morgan fingerprint density at radius 3 is 2.20 bits per heavy atom. The van der Waals surface area contributed by atoms with Crippen molar-refractivity contribution in [2.75, 3.05) is 14.2 Å². The van der Waals surface area contributed by atoms with E-state index in [1.165, 1.54) is 0 Å². The molecule has 160 valence electrons. The predicted octanol–water partition coefficient (Wildman–Crippen LogP) is 4.25. The molecular weight excluding hydrogens is 382 g/mol. The molecule has 0 spiro atoms. The minimum Gasteiger partial charge on any atom is -0.497 e. The van der Waals surface area contributed by atoms with Gasteiger partial charge >= 0.3 is 6.09 Å². The molecule has 0 radical (unpaired) electrons. The average molecular weight is 411 g/mol. The third kappa shape index (κ3) is 4.10. The normalized spacial score (nSPS) is 25.5. The molecule has 2 heterocycles. The summed E-state index contributed by atoms with van der Waals surface area (Å²) in [4.78, 5) is 14.8. The average Bonchev–Trinajstić information content (AvgIpc) is 2.77. The number of nitrogens with zero attached hydrogens (tertiary/aromatic N) is 1. The Morgan fingerprint density at radius 2 is 1.63 bits per heavy atom. The molecule has 2 aromatic rings. The molecule has 2 aliphatic rings. The maximum atomic E-state index is 12.9. The zero-order chi connectivity index (χ0) is 21.1. The molecule has 2 fully saturated rings. The molecule has 0 saturated carbocycles. The first kappa shape index (κ1) is 20.5. The van der Waals surface area contributed by atoms with E-state index in [-0.39, 0.29) is 24.8 Å². The number of carbonyl (C=O) groups is 1. The van der Waals surface area contributed by atoms with Crippen molar-refractivity contribution in [3.8, 4) is 11.5 Å². The van der Waals surface area contributed by atoms with E-state index < -0.39 is 5.60 Å². The van der Waals surface area contributed by atoms with Crippen molar-refractivity contribution in [1.29, 1.82) is 0 Å². The summed E-state index contributed by atoms with van der Waals surface area (Å²) in [5.74, 6) is 1.29. The van der Waals surface area contributed by atoms with Gasteiger partial charge in [0.05, 0.1) is 19.8 Å². The second kappa shape index (κ2) is 8.56. The Kier molecular flexibility index (Phi) is 5.86. The van der Waals surface area contributed by atoms with Crippen molar-refractivity contribution >= 4 is 6.09 Å². The highest BCUT2D eigenvalue weighted by molar-refractivity contribution is 5.69. The van der Waals surface area contributed by atoms with E-state index in [1.807, 2.05) is 47.4 Å². The highest BCUT2D eigenvalue weighted by Crippen LogP contribution is 2.46. The summed E-state index contributed by atoms with van der Waals surface area (Å²) in [5, 5.41) is 11.6. The van der Waals surface area contributed by atoms with Crippen LogP contribution in [0.3, 0.4) is 0 Å². The lowest BCUT2D eigenvalue weighted by Gasteiger charge is -2.51. The number of rotatable bonds is 5. The summed E-state index contributed by atoms with van der Waals surface area (Å²) in [6, 6.07) is 15.1. The fraction of sp³-hybridized carbons (Fsp3) is 0.458. The van der Waals surface area contributed by atoms with Gasteiger partial charge in [-0.05, 0) is 42.5 Å². The van der Waals surface area contributed by atoms with E-state index in [0.717, 1.165) is 30.4 Å². The highest BCUT2D eigenvalue weighted by atomic mass is 16.6. The fourth-order valence-electron chi connectivity index (χ4n) is 4.83. The SMILES string of the molecule is COc1cc(OC)cc(C2(O)CC3CCCC(C2)N3C(=O)OCc2ccccc2)c1. The minimum absolute atomic E-state index is 0.0528. The number of ether oxygens (including phenoxy) is 3. The molecule has 2 bridgehead atoms. The van der Waals surface area contributed by atoms with Gasteiger partial charge in [0.15, 0.2) is 0 Å². The van der Waals surface area contributed by atoms with Crippen molar-refractivity contribution in [3.63, 3.8) is 0 Å². The van der Waals surface area contributed by atoms with Gasteiger partial charge in [-0.15, -0.1) is 0 Å². The largest absolute Gasteiger partial charge is 0.497 e. The van der Waals surface area contributed by atoms with E-state index in [4.69, 9.17) is 14.2 Å². The molecule has 1 N–H and O–H groups in total. The Morgan fingerprint density at radius 1 is 1.03 bits per heavy atom. The van der Waals surface area contributed by atoms with Gasteiger partial charge in [0.1, 0.15) is 18.1 Å². The van der Waals surface area contributed by atoms with Crippen molar-refractivity contribution in [2.24, 2.45) is 0 Å². The standard InChI is InChI=1S/C24H29NO5/c1-28-21-11-18(12-22(13-21)29-2)24(27)14-19-9-6-10-20(15-24)25(19)23(26)30-16-17-7-4-3-5-8-17/h3-5,7-8,11-13,19-20,27H,6,9-10,14-16H2,1-2H3. The van der Waals surface area contributed by atoms with Crippen LogP contribution in [0.5, 0.6) is 11.5 Å². The van der Waals surface area contributed by atoms with E-state index in [1.54, 1.807) is 20.3 Å². The van der Waals surface area contributed by atoms with Crippen molar-refractivity contribution < 1.29 is 24.1 Å².